The Morgan fingerprint density at radius 2 is 1.86 bits per heavy atom. The van der Waals surface area contributed by atoms with Gasteiger partial charge >= 0.3 is 6.18 Å². The van der Waals surface area contributed by atoms with Gasteiger partial charge in [-0.2, -0.15) is 18.3 Å². The Balaban J connectivity index is 1.36. The van der Waals surface area contributed by atoms with Gasteiger partial charge in [0.05, 0.1) is 5.69 Å². The minimum atomic E-state index is -4.66. The van der Waals surface area contributed by atoms with Crippen LogP contribution in [-0.4, -0.2) is 65.8 Å². The summed E-state index contributed by atoms with van der Waals surface area (Å²) >= 11 is 0. The second-order valence-electron chi connectivity index (χ2n) is 10.5. The number of likely N-dealkylation sites (tertiary alicyclic amines) is 1. The summed E-state index contributed by atoms with van der Waals surface area (Å²) in [6.45, 7) is 2.15. The zero-order valence-electron chi connectivity index (χ0n) is 19.9. The van der Waals surface area contributed by atoms with Crippen molar-refractivity contribution in [2.24, 2.45) is 23.5 Å². The average molecular weight is 507 g/mol. The summed E-state index contributed by atoms with van der Waals surface area (Å²) in [7, 11) is 0. The number of H-pyrrole nitrogens is 1. The molecule has 4 N–H and O–H groups in total. The molecule has 0 radical (unpaired) electrons. The normalized spacial score (nSPS) is 32.5. The van der Waals surface area contributed by atoms with E-state index in [0.29, 0.717) is 37.2 Å². The summed E-state index contributed by atoms with van der Waals surface area (Å²) in [6, 6.07) is 3.38. The van der Waals surface area contributed by atoms with E-state index >= 15 is 0 Å². The van der Waals surface area contributed by atoms with Crippen LogP contribution in [0.4, 0.5) is 13.2 Å². The lowest BCUT2D eigenvalue weighted by Gasteiger charge is -2.42. The molecule has 0 bridgehead atoms. The number of hydrogen-bond acceptors (Lipinski definition) is 6. The van der Waals surface area contributed by atoms with Crippen LogP contribution in [0.15, 0.2) is 18.5 Å². The molecule has 36 heavy (non-hydrogen) atoms. The highest BCUT2D eigenvalue weighted by atomic mass is 19.4. The zero-order chi connectivity index (χ0) is 25.9. The van der Waals surface area contributed by atoms with Gasteiger partial charge in [-0.1, -0.05) is 0 Å². The molecule has 1 spiro atoms. The number of aromatic nitrogens is 4. The molecular weight excluding hydrogens is 477 g/mol. The summed E-state index contributed by atoms with van der Waals surface area (Å²) in [5.74, 6) is -1.21. The Morgan fingerprint density at radius 1 is 1.14 bits per heavy atom. The molecule has 9 nitrogen and oxygen atoms in total. The second-order valence-corrected chi connectivity index (χ2v) is 10.5. The molecule has 2 aliphatic carbocycles. The van der Waals surface area contributed by atoms with E-state index in [-0.39, 0.29) is 49.1 Å². The topological polar surface area (TPSA) is 138 Å². The number of nitrogens with one attached hydrogen (secondary N) is 1. The number of alkyl halides is 3. The molecule has 2 amide bonds. The third-order valence-corrected chi connectivity index (χ3v) is 8.42. The summed E-state index contributed by atoms with van der Waals surface area (Å²) in [6.07, 6.45) is -2.10. The Bertz CT molecular complexity index is 1180. The molecule has 12 heteroatoms. The van der Waals surface area contributed by atoms with Gasteiger partial charge in [0.15, 0.2) is 5.60 Å². The molecular formula is C24H29F3N6O3. The Labute approximate surface area is 205 Å². The van der Waals surface area contributed by atoms with E-state index < -0.39 is 29.1 Å². The number of nitrogens with two attached hydrogens (primary N) is 1. The first-order valence-electron chi connectivity index (χ1n) is 12.2. The molecule has 194 valence electrons. The van der Waals surface area contributed by atoms with Crippen molar-refractivity contribution in [2.45, 2.75) is 69.2 Å². The van der Waals surface area contributed by atoms with E-state index in [2.05, 4.69) is 20.2 Å². The van der Waals surface area contributed by atoms with E-state index in [1.807, 2.05) is 6.92 Å². The fourth-order valence-electron chi connectivity index (χ4n) is 6.27. The molecule has 3 aliphatic rings. The van der Waals surface area contributed by atoms with Gasteiger partial charge in [-0.3, -0.25) is 14.7 Å². The maximum Gasteiger partial charge on any atom is 0.417 e. The van der Waals surface area contributed by atoms with Crippen LogP contribution < -0.4 is 5.73 Å². The molecule has 2 aromatic rings. The molecule has 5 rings (SSSR count). The van der Waals surface area contributed by atoms with Crippen LogP contribution in [0.2, 0.25) is 0 Å². The number of aryl methyl sites for hydroxylation is 1. The SMILES string of the molecule is Cc1cc(-c2cc(C(=O)N3CCC(C(N)=O)CC34CC4C3CCC(O)(C(F)(F)F)CC3)[nH]n2)ncn1. The van der Waals surface area contributed by atoms with Gasteiger partial charge in [0.1, 0.15) is 17.7 Å². The van der Waals surface area contributed by atoms with Crippen LogP contribution in [0, 0.1) is 24.7 Å². The van der Waals surface area contributed by atoms with Crippen molar-refractivity contribution in [1.29, 1.82) is 0 Å². The van der Waals surface area contributed by atoms with Crippen LogP contribution in [0.1, 0.15) is 61.1 Å². The van der Waals surface area contributed by atoms with Crippen molar-refractivity contribution in [3.05, 3.63) is 29.8 Å². The third-order valence-electron chi connectivity index (χ3n) is 8.42. The number of hydrogen-bond donors (Lipinski definition) is 3. The number of aliphatic hydroxyl groups is 1. The molecule has 1 saturated heterocycles. The van der Waals surface area contributed by atoms with Gasteiger partial charge in [0.25, 0.3) is 5.91 Å². The molecule has 2 saturated carbocycles. The van der Waals surface area contributed by atoms with Crippen LogP contribution in [0.3, 0.4) is 0 Å². The van der Waals surface area contributed by atoms with Crippen LogP contribution >= 0.6 is 0 Å². The number of rotatable bonds is 4. The number of halogens is 3. The standard InChI is InChI=1S/C24H29F3N6O3/c1-13-8-17(30-12-29-13)18-9-19(32-31-18)21(35)33-7-4-15(20(28)34)10-22(33)11-16(22)14-2-5-23(36,6-3-14)24(25,26)27/h8-9,12,14-16,36H,2-7,10-11H2,1H3,(H2,28,34)(H,31,32). The first-order valence-corrected chi connectivity index (χ1v) is 12.2. The van der Waals surface area contributed by atoms with Gasteiger partial charge in [-0.15, -0.1) is 0 Å². The van der Waals surface area contributed by atoms with Crippen LogP contribution in [0.5, 0.6) is 0 Å². The molecule has 3 fully saturated rings. The smallest absolute Gasteiger partial charge is 0.380 e. The van der Waals surface area contributed by atoms with Crippen molar-refractivity contribution < 1.29 is 27.9 Å². The van der Waals surface area contributed by atoms with Crippen molar-refractivity contribution >= 4 is 11.8 Å². The number of nitrogens with zero attached hydrogens (tertiary/aromatic N) is 4. The van der Waals surface area contributed by atoms with E-state index in [1.165, 1.54) is 6.33 Å². The fourth-order valence-corrected chi connectivity index (χ4v) is 6.27. The summed E-state index contributed by atoms with van der Waals surface area (Å²) in [5, 5.41) is 17.1. The first-order chi connectivity index (χ1) is 16.9. The predicted molar refractivity (Wildman–Crippen MR) is 121 cm³/mol. The van der Waals surface area contributed by atoms with Gasteiger partial charge < -0.3 is 15.7 Å². The molecule has 3 unspecified atom stereocenters. The molecule has 2 aromatic heterocycles. The summed E-state index contributed by atoms with van der Waals surface area (Å²) in [5.41, 5.74) is 4.42. The summed E-state index contributed by atoms with van der Waals surface area (Å²) in [4.78, 5) is 35.7. The van der Waals surface area contributed by atoms with Crippen LogP contribution in [0.25, 0.3) is 11.4 Å². The van der Waals surface area contributed by atoms with Gasteiger partial charge in [0.2, 0.25) is 5.91 Å². The number of carbonyl (C=O) groups excluding carboxylic acids is 2. The quantitative estimate of drug-likeness (QED) is 0.583. The summed E-state index contributed by atoms with van der Waals surface area (Å²) < 4.78 is 39.9. The minimum absolute atomic E-state index is 0.0479. The Kier molecular flexibility index (Phi) is 5.85. The van der Waals surface area contributed by atoms with Crippen molar-refractivity contribution in [1.82, 2.24) is 25.1 Å². The monoisotopic (exact) mass is 506 g/mol. The fraction of sp³-hybridized carbons (Fsp3) is 0.625. The predicted octanol–water partition coefficient (Wildman–Crippen LogP) is 2.75. The average Bonchev–Trinajstić information content (AvgIpc) is 3.29. The lowest BCUT2D eigenvalue weighted by Crippen LogP contribution is -2.52. The van der Waals surface area contributed by atoms with Gasteiger partial charge in [-0.05, 0) is 75.8 Å². The van der Waals surface area contributed by atoms with Crippen molar-refractivity contribution in [2.75, 3.05) is 6.54 Å². The van der Waals surface area contributed by atoms with E-state index in [9.17, 15) is 27.9 Å². The highest BCUT2D eigenvalue weighted by molar-refractivity contribution is 5.94. The largest absolute Gasteiger partial charge is 0.417 e. The highest BCUT2D eigenvalue weighted by Gasteiger charge is 2.66. The first kappa shape index (κ1) is 24.7. The zero-order valence-corrected chi connectivity index (χ0v) is 19.9. The number of aromatic amines is 1. The molecule has 1 aliphatic heterocycles. The number of piperidine rings is 1. The van der Waals surface area contributed by atoms with Crippen LogP contribution in [-0.2, 0) is 4.79 Å². The van der Waals surface area contributed by atoms with Crippen molar-refractivity contribution in [3.63, 3.8) is 0 Å². The Hall–Kier alpha value is -3.02. The van der Waals surface area contributed by atoms with E-state index in [0.717, 1.165) is 5.69 Å². The minimum Gasteiger partial charge on any atom is -0.380 e. The van der Waals surface area contributed by atoms with Crippen molar-refractivity contribution in [3.8, 4) is 11.4 Å². The number of carbonyl (C=O) groups is 2. The second kappa shape index (κ2) is 8.53. The molecule has 0 aromatic carbocycles. The van der Waals surface area contributed by atoms with Gasteiger partial charge in [0, 0.05) is 23.7 Å². The number of primary amides is 1. The lowest BCUT2D eigenvalue weighted by atomic mass is 9.74. The molecule has 3 atom stereocenters. The maximum absolute atomic E-state index is 13.6. The third kappa shape index (κ3) is 4.14. The Morgan fingerprint density at radius 3 is 2.50 bits per heavy atom. The lowest BCUT2D eigenvalue weighted by molar-refractivity contribution is -0.272. The maximum atomic E-state index is 13.6. The van der Waals surface area contributed by atoms with E-state index in [4.69, 9.17) is 5.73 Å². The highest BCUT2D eigenvalue weighted by Crippen LogP contribution is 2.62. The van der Waals surface area contributed by atoms with E-state index in [1.54, 1.807) is 17.0 Å². The number of amides is 2. The van der Waals surface area contributed by atoms with Gasteiger partial charge in [-0.25, -0.2) is 9.97 Å². The molecule has 3 heterocycles.